The van der Waals surface area contributed by atoms with E-state index < -0.39 is 5.91 Å². The summed E-state index contributed by atoms with van der Waals surface area (Å²) >= 11 is 19.6. The van der Waals surface area contributed by atoms with Crippen LogP contribution in [0.1, 0.15) is 22.7 Å². The van der Waals surface area contributed by atoms with Gasteiger partial charge in [0.1, 0.15) is 10.7 Å². The van der Waals surface area contributed by atoms with Crippen molar-refractivity contribution in [2.75, 3.05) is 26.2 Å². The molecule has 230 valence electrons. The Morgan fingerprint density at radius 1 is 0.804 bits per heavy atom. The normalized spacial score (nSPS) is 14.8. The summed E-state index contributed by atoms with van der Waals surface area (Å²) in [5, 5.41) is 11.5. The minimum absolute atomic E-state index is 0.0298. The van der Waals surface area contributed by atoms with E-state index in [1.807, 2.05) is 36.4 Å². The SMILES string of the molecule is N#C/C(C(=O)N1CCN(C(c2ccccc2)c2ccccc2)CC1)=c1/s/c(=C\c2ccc(Cl)cc2)c(=O)n1-c1ccc(Cl)c(Cl)c1. The van der Waals surface area contributed by atoms with E-state index in [1.54, 1.807) is 53.4 Å². The average Bonchev–Trinajstić information content (AvgIpc) is 3.39. The van der Waals surface area contributed by atoms with Gasteiger partial charge >= 0.3 is 0 Å². The van der Waals surface area contributed by atoms with Gasteiger partial charge in [-0.2, -0.15) is 5.26 Å². The number of halogens is 3. The van der Waals surface area contributed by atoms with Crippen LogP contribution in [0.3, 0.4) is 0 Å². The molecular formula is C36H27Cl3N4O2S. The van der Waals surface area contributed by atoms with Crippen LogP contribution in [0.25, 0.3) is 17.3 Å². The molecular weight excluding hydrogens is 659 g/mol. The highest BCUT2D eigenvalue weighted by Crippen LogP contribution is 2.30. The molecule has 1 saturated heterocycles. The summed E-state index contributed by atoms with van der Waals surface area (Å²) in [5.74, 6) is -0.425. The maximum absolute atomic E-state index is 14.0. The van der Waals surface area contributed by atoms with Crippen molar-refractivity contribution >= 4 is 63.7 Å². The van der Waals surface area contributed by atoms with Gasteiger partial charge in [-0.05, 0) is 53.1 Å². The molecule has 0 radical (unpaired) electrons. The molecule has 1 amide bonds. The summed E-state index contributed by atoms with van der Waals surface area (Å²) in [4.78, 5) is 31.9. The zero-order valence-electron chi connectivity index (χ0n) is 24.4. The maximum Gasteiger partial charge on any atom is 0.273 e. The van der Waals surface area contributed by atoms with Gasteiger partial charge in [-0.25, -0.2) is 0 Å². The first-order chi connectivity index (χ1) is 22.3. The standard InChI is InChI=1S/C36H27Cl3N4O2S/c37-27-13-11-24(12-14-27)21-32-35(45)43(28-15-16-30(38)31(39)22-28)36(46-32)29(23-40)34(44)42-19-17-41(18-20-42)33(25-7-3-1-4-8-25)26-9-5-2-6-10-26/h1-16,21-22,33H,17-20H2/b32-21-,36-29-. The number of hydrogen-bond donors (Lipinski definition) is 0. The molecule has 6 rings (SSSR count). The van der Waals surface area contributed by atoms with E-state index >= 15 is 0 Å². The van der Waals surface area contributed by atoms with Crippen molar-refractivity contribution in [2.24, 2.45) is 0 Å². The molecule has 0 aliphatic carbocycles. The minimum atomic E-state index is -0.425. The number of carbonyl (C=O) groups is 1. The van der Waals surface area contributed by atoms with E-state index in [0.29, 0.717) is 46.4 Å². The molecule has 5 aromatic rings. The number of amides is 1. The lowest BCUT2D eigenvalue weighted by Crippen LogP contribution is -2.50. The van der Waals surface area contributed by atoms with Crippen LogP contribution >= 0.6 is 46.1 Å². The third-order valence-corrected chi connectivity index (χ3v) is 9.97. The first kappa shape index (κ1) is 31.8. The topological polar surface area (TPSA) is 69.3 Å². The van der Waals surface area contributed by atoms with Crippen molar-refractivity contribution in [1.82, 2.24) is 14.4 Å². The number of benzene rings is 4. The molecule has 1 aliphatic rings. The first-order valence-corrected chi connectivity index (χ1v) is 16.5. The Morgan fingerprint density at radius 2 is 1.41 bits per heavy atom. The van der Waals surface area contributed by atoms with Crippen molar-refractivity contribution in [3.05, 3.63) is 154 Å². The Labute approximate surface area is 285 Å². The number of thiazole rings is 1. The van der Waals surface area contributed by atoms with Gasteiger partial charge in [0.25, 0.3) is 11.5 Å². The second kappa shape index (κ2) is 14.1. The van der Waals surface area contributed by atoms with E-state index in [2.05, 4.69) is 35.2 Å². The van der Waals surface area contributed by atoms with Crippen LogP contribution in [-0.2, 0) is 4.79 Å². The van der Waals surface area contributed by atoms with Crippen LogP contribution in [0.15, 0.2) is 108 Å². The van der Waals surface area contributed by atoms with Crippen molar-refractivity contribution in [3.8, 4) is 11.8 Å². The van der Waals surface area contributed by atoms with Crippen LogP contribution in [0.5, 0.6) is 0 Å². The number of hydrogen-bond acceptors (Lipinski definition) is 5. The quantitative estimate of drug-likeness (QED) is 0.211. The van der Waals surface area contributed by atoms with Gasteiger partial charge in [0.05, 0.1) is 26.3 Å². The molecule has 6 nitrogen and oxygen atoms in total. The molecule has 1 fully saturated rings. The van der Waals surface area contributed by atoms with E-state index in [1.165, 1.54) is 15.7 Å². The number of rotatable bonds is 6. The summed E-state index contributed by atoms with van der Waals surface area (Å²) in [6, 6.07) is 34.6. The monoisotopic (exact) mass is 684 g/mol. The molecule has 4 aromatic carbocycles. The number of aromatic nitrogens is 1. The van der Waals surface area contributed by atoms with E-state index in [-0.39, 0.29) is 26.9 Å². The lowest BCUT2D eigenvalue weighted by molar-refractivity contribution is -0.126. The molecule has 10 heteroatoms. The van der Waals surface area contributed by atoms with Crippen molar-refractivity contribution in [1.29, 1.82) is 5.26 Å². The number of nitriles is 1. The summed E-state index contributed by atoms with van der Waals surface area (Å²) in [5.41, 5.74) is 3.01. The van der Waals surface area contributed by atoms with Gasteiger partial charge < -0.3 is 4.90 Å². The first-order valence-electron chi connectivity index (χ1n) is 14.6. The molecule has 0 N–H and O–H groups in total. The van der Waals surface area contributed by atoms with E-state index in [4.69, 9.17) is 34.8 Å². The largest absolute Gasteiger partial charge is 0.335 e. The molecule has 0 unspecified atom stereocenters. The number of piperazine rings is 1. The van der Waals surface area contributed by atoms with Crippen LogP contribution in [0.2, 0.25) is 15.1 Å². The summed E-state index contributed by atoms with van der Waals surface area (Å²) < 4.78 is 1.94. The van der Waals surface area contributed by atoms with Gasteiger partial charge in [0, 0.05) is 31.2 Å². The van der Waals surface area contributed by atoms with Crippen LogP contribution in [-0.4, -0.2) is 46.5 Å². The Kier molecular flexibility index (Phi) is 9.74. The Bertz CT molecular complexity index is 2060. The lowest BCUT2D eigenvalue weighted by Gasteiger charge is -2.39. The highest BCUT2D eigenvalue weighted by Gasteiger charge is 2.30. The fourth-order valence-electron chi connectivity index (χ4n) is 5.63. The number of carbonyl (C=O) groups excluding carboxylic acids is 1. The van der Waals surface area contributed by atoms with Gasteiger partial charge in [-0.3, -0.25) is 19.1 Å². The van der Waals surface area contributed by atoms with Crippen molar-refractivity contribution in [2.45, 2.75) is 6.04 Å². The van der Waals surface area contributed by atoms with Crippen LogP contribution in [0.4, 0.5) is 0 Å². The van der Waals surface area contributed by atoms with E-state index in [0.717, 1.165) is 16.9 Å². The highest BCUT2D eigenvalue weighted by atomic mass is 35.5. The van der Waals surface area contributed by atoms with Crippen LogP contribution < -0.4 is 14.8 Å². The third-order valence-electron chi connectivity index (χ3n) is 7.89. The Balaban J connectivity index is 1.38. The average molecular weight is 686 g/mol. The van der Waals surface area contributed by atoms with Gasteiger partial charge in [0.2, 0.25) is 0 Å². The third kappa shape index (κ3) is 6.68. The molecule has 2 heterocycles. The lowest BCUT2D eigenvalue weighted by atomic mass is 9.96. The fourth-order valence-corrected chi connectivity index (χ4v) is 7.15. The van der Waals surface area contributed by atoms with Crippen molar-refractivity contribution in [3.63, 3.8) is 0 Å². The molecule has 0 saturated carbocycles. The second-order valence-corrected chi connectivity index (χ2v) is 13.0. The fraction of sp³-hybridized carbons (Fsp3) is 0.139. The maximum atomic E-state index is 14.0. The minimum Gasteiger partial charge on any atom is -0.335 e. The predicted molar refractivity (Wildman–Crippen MR) is 186 cm³/mol. The van der Waals surface area contributed by atoms with Crippen LogP contribution in [0, 0.1) is 11.3 Å². The highest BCUT2D eigenvalue weighted by molar-refractivity contribution is 7.07. The predicted octanol–water partition coefficient (Wildman–Crippen LogP) is 6.30. The van der Waals surface area contributed by atoms with Crippen molar-refractivity contribution < 1.29 is 4.79 Å². The van der Waals surface area contributed by atoms with E-state index in [9.17, 15) is 14.9 Å². The van der Waals surface area contributed by atoms with Gasteiger partial charge in [0.15, 0.2) is 5.57 Å². The van der Waals surface area contributed by atoms with Gasteiger partial charge in [-0.15, -0.1) is 11.3 Å². The zero-order chi connectivity index (χ0) is 32.2. The molecule has 0 bridgehead atoms. The molecule has 0 atom stereocenters. The summed E-state index contributed by atoms with van der Waals surface area (Å²) in [7, 11) is 0. The second-order valence-electron chi connectivity index (χ2n) is 10.7. The Morgan fingerprint density at radius 3 is 1.98 bits per heavy atom. The molecule has 1 aliphatic heterocycles. The molecule has 0 spiro atoms. The zero-order valence-corrected chi connectivity index (χ0v) is 27.5. The smallest absolute Gasteiger partial charge is 0.273 e. The van der Waals surface area contributed by atoms with Gasteiger partial charge in [-0.1, -0.05) is 108 Å². The number of nitrogens with zero attached hydrogens (tertiary/aromatic N) is 4. The molecule has 46 heavy (non-hydrogen) atoms. The molecule has 1 aromatic heterocycles. The Hall–Kier alpha value is -4.16. The summed E-state index contributed by atoms with van der Waals surface area (Å²) in [6.07, 6.45) is 1.71. The summed E-state index contributed by atoms with van der Waals surface area (Å²) in [6.45, 7) is 2.07.